The largest absolute Gasteiger partial charge is 0.398 e. The minimum Gasteiger partial charge on any atom is -0.398 e. The summed E-state index contributed by atoms with van der Waals surface area (Å²) in [5, 5.41) is 9.18. The van der Waals surface area contributed by atoms with Crippen LogP contribution in [-0.4, -0.2) is 35.6 Å². The first-order valence-corrected chi connectivity index (χ1v) is 5.45. The molecule has 1 heterocycles. The zero-order valence-electron chi connectivity index (χ0n) is 8.69. The highest BCUT2D eigenvalue weighted by molar-refractivity contribution is 6.36. The molecule has 16 heavy (non-hydrogen) atoms. The van der Waals surface area contributed by atoms with E-state index in [1.807, 2.05) is 0 Å². The van der Waals surface area contributed by atoms with E-state index in [9.17, 15) is 4.79 Å². The van der Waals surface area contributed by atoms with E-state index in [4.69, 9.17) is 22.4 Å². The molecule has 1 aromatic carbocycles. The number of amides is 1. The minimum absolute atomic E-state index is 0.119. The van der Waals surface area contributed by atoms with E-state index in [0.717, 1.165) is 0 Å². The van der Waals surface area contributed by atoms with Crippen molar-refractivity contribution >= 4 is 23.2 Å². The number of carbonyl (C=O) groups excluding carboxylic acids is 1. The van der Waals surface area contributed by atoms with Crippen LogP contribution in [0.5, 0.6) is 0 Å². The van der Waals surface area contributed by atoms with Gasteiger partial charge in [0.1, 0.15) is 0 Å². The lowest BCUT2D eigenvalue weighted by molar-refractivity contribution is 0.0362. The van der Waals surface area contributed by atoms with Crippen LogP contribution >= 0.6 is 11.6 Å². The minimum atomic E-state index is -0.123. The van der Waals surface area contributed by atoms with Crippen molar-refractivity contribution in [2.24, 2.45) is 5.92 Å². The Bertz CT molecular complexity index is 416. The third kappa shape index (κ3) is 1.86. The molecule has 1 saturated heterocycles. The summed E-state index contributed by atoms with van der Waals surface area (Å²) in [6.45, 7) is 1.29. The number of nitrogens with two attached hydrogens (primary N) is 1. The lowest BCUT2D eigenvalue weighted by Gasteiger charge is -2.38. The first kappa shape index (κ1) is 11.2. The number of nitrogen functional groups attached to an aromatic ring is 1. The van der Waals surface area contributed by atoms with Gasteiger partial charge >= 0.3 is 0 Å². The SMILES string of the molecule is Nc1cccc(C(=O)N2CC(CO)C2)c1Cl. The Hall–Kier alpha value is -1.26. The zero-order chi connectivity index (χ0) is 11.7. The molecule has 3 N–H and O–H groups in total. The number of aliphatic hydroxyl groups is 1. The van der Waals surface area contributed by atoms with Gasteiger partial charge in [0, 0.05) is 25.6 Å². The highest BCUT2D eigenvalue weighted by Gasteiger charge is 2.31. The van der Waals surface area contributed by atoms with Gasteiger partial charge in [-0.15, -0.1) is 0 Å². The summed E-state index contributed by atoms with van der Waals surface area (Å²) in [6.07, 6.45) is 0. The average molecular weight is 241 g/mol. The van der Waals surface area contributed by atoms with E-state index >= 15 is 0 Å². The molecule has 0 radical (unpaired) electrons. The second-order valence-corrected chi connectivity index (χ2v) is 4.35. The molecule has 86 valence electrons. The van der Waals surface area contributed by atoms with Crippen molar-refractivity contribution in [3.05, 3.63) is 28.8 Å². The number of nitrogens with zero attached hydrogens (tertiary/aromatic N) is 1. The number of likely N-dealkylation sites (tertiary alicyclic amines) is 1. The summed E-state index contributed by atoms with van der Waals surface area (Å²) < 4.78 is 0. The number of benzene rings is 1. The zero-order valence-corrected chi connectivity index (χ0v) is 9.44. The molecule has 0 aliphatic carbocycles. The maximum absolute atomic E-state index is 12.0. The molecule has 1 aromatic rings. The molecule has 0 bridgehead atoms. The molecule has 0 atom stereocenters. The molecule has 0 aromatic heterocycles. The number of halogens is 1. The summed E-state index contributed by atoms with van der Waals surface area (Å²) in [7, 11) is 0. The molecule has 0 unspecified atom stereocenters. The van der Waals surface area contributed by atoms with Gasteiger partial charge in [-0.2, -0.15) is 0 Å². The third-order valence-corrected chi connectivity index (χ3v) is 3.18. The van der Waals surface area contributed by atoms with Gasteiger partial charge in [-0.25, -0.2) is 0 Å². The van der Waals surface area contributed by atoms with Gasteiger partial charge in [-0.3, -0.25) is 4.79 Å². The standard InChI is InChI=1S/C11H13ClN2O2/c12-10-8(2-1-3-9(10)13)11(16)14-4-7(5-14)6-15/h1-3,7,15H,4-6,13H2. The molecule has 4 nitrogen and oxygen atoms in total. The van der Waals surface area contributed by atoms with Crippen LogP contribution in [0.25, 0.3) is 0 Å². The predicted octanol–water partition coefficient (Wildman–Crippen LogP) is 0.987. The maximum Gasteiger partial charge on any atom is 0.255 e. The van der Waals surface area contributed by atoms with E-state index in [2.05, 4.69) is 0 Å². The topological polar surface area (TPSA) is 66.6 Å². The summed E-state index contributed by atoms with van der Waals surface area (Å²) in [5.74, 6) is 0.0748. The van der Waals surface area contributed by atoms with Gasteiger partial charge in [0.2, 0.25) is 0 Å². The fourth-order valence-corrected chi connectivity index (χ4v) is 1.94. The third-order valence-electron chi connectivity index (χ3n) is 2.76. The van der Waals surface area contributed by atoms with Crippen molar-refractivity contribution in [3.63, 3.8) is 0 Å². The predicted molar refractivity (Wildman–Crippen MR) is 62.3 cm³/mol. The molecule has 0 spiro atoms. The molecule has 2 rings (SSSR count). The fraction of sp³-hybridized carbons (Fsp3) is 0.364. The van der Waals surface area contributed by atoms with Crippen molar-refractivity contribution < 1.29 is 9.90 Å². The van der Waals surface area contributed by atoms with Gasteiger partial charge in [0.15, 0.2) is 0 Å². The second-order valence-electron chi connectivity index (χ2n) is 3.97. The molecule has 1 aliphatic heterocycles. The van der Waals surface area contributed by atoms with Crippen LogP contribution < -0.4 is 5.73 Å². The van der Waals surface area contributed by atoms with Crippen molar-refractivity contribution in [2.45, 2.75) is 0 Å². The number of aliphatic hydroxyl groups excluding tert-OH is 1. The molecule has 1 amide bonds. The summed E-state index contributed by atoms with van der Waals surface area (Å²) >= 11 is 5.96. The normalized spacial score (nSPS) is 16.0. The second kappa shape index (κ2) is 4.31. The van der Waals surface area contributed by atoms with Crippen LogP contribution in [0, 0.1) is 5.92 Å². The van der Waals surface area contributed by atoms with Crippen LogP contribution in [0.2, 0.25) is 5.02 Å². The van der Waals surface area contributed by atoms with Crippen molar-refractivity contribution in [2.75, 3.05) is 25.4 Å². The summed E-state index contributed by atoms with van der Waals surface area (Å²) in [4.78, 5) is 13.6. The first-order chi connectivity index (χ1) is 7.63. The van der Waals surface area contributed by atoms with E-state index in [-0.39, 0.29) is 18.4 Å². The lowest BCUT2D eigenvalue weighted by atomic mass is 10.00. The maximum atomic E-state index is 12.0. The molecule has 1 aliphatic rings. The fourth-order valence-electron chi connectivity index (χ4n) is 1.74. The van der Waals surface area contributed by atoms with Crippen LogP contribution in [0.15, 0.2) is 18.2 Å². The summed E-state index contributed by atoms with van der Waals surface area (Å²) in [6, 6.07) is 5.02. The Kier molecular flexibility index (Phi) is 3.03. The Labute approximate surface area is 98.6 Å². The number of hydrogen-bond acceptors (Lipinski definition) is 3. The van der Waals surface area contributed by atoms with Gasteiger partial charge in [-0.1, -0.05) is 17.7 Å². The van der Waals surface area contributed by atoms with Gasteiger partial charge in [0.05, 0.1) is 16.3 Å². The summed E-state index contributed by atoms with van der Waals surface area (Å²) in [5.41, 5.74) is 6.47. The van der Waals surface area contributed by atoms with E-state index in [1.54, 1.807) is 23.1 Å². The number of rotatable bonds is 2. The highest BCUT2D eigenvalue weighted by atomic mass is 35.5. The molecular weight excluding hydrogens is 228 g/mol. The van der Waals surface area contributed by atoms with Crippen LogP contribution in [0.3, 0.4) is 0 Å². The average Bonchev–Trinajstić information content (AvgIpc) is 2.20. The molecular formula is C11H13ClN2O2. The van der Waals surface area contributed by atoms with Crippen LogP contribution in [0.4, 0.5) is 5.69 Å². The number of hydrogen-bond donors (Lipinski definition) is 2. The molecule has 5 heteroatoms. The van der Waals surface area contributed by atoms with E-state index in [0.29, 0.717) is 29.4 Å². The van der Waals surface area contributed by atoms with Crippen molar-refractivity contribution in [3.8, 4) is 0 Å². The Balaban J connectivity index is 2.13. The van der Waals surface area contributed by atoms with Crippen LogP contribution in [-0.2, 0) is 0 Å². The van der Waals surface area contributed by atoms with Gasteiger partial charge < -0.3 is 15.7 Å². The lowest BCUT2D eigenvalue weighted by Crippen LogP contribution is -2.51. The Morgan fingerprint density at radius 2 is 2.25 bits per heavy atom. The Morgan fingerprint density at radius 3 is 2.88 bits per heavy atom. The van der Waals surface area contributed by atoms with Crippen molar-refractivity contribution in [1.82, 2.24) is 4.90 Å². The highest BCUT2D eigenvalue weighted by Crippen LogP contribution is 2.26. The number of anilines is 1. The van der Waals surface area contributed by atoms with Gasteiger partial charge in [-0.05, 0) is 12.1 Å². The van der Waals surface area contributed by atoms with Gasteiger partial charge in [0.25, 0.3) is 5.91 Å². The Morgan fingerprint density at radius 1 is 1.56 bits per heavy atom. The molecule has 0 saturated carbocycles. The monoisotopic (exact) mass is 240 g/mol. The number of carbonyl (C=O) groups is 1. The van der Waals surface area contributed by atoms with Crippen LogP contribution in [0.1, 0.15) is 10.4 Å². The quantitative estimate of drug-likeness (QED) is 0.758. The smallest absolute Gasteiger partial charge is 0.255 e. The van der Waals surface area contributed by atoms with Crippen molar-refractivity contribution in [1.29, 1.82) is 0 Å². The molecule has 1 fully saturated rings. The first-order valence-electron chi connectivity index (χ1n) is 5.07. The van der Waals surface area contributed by atoms with E-state index < -0.39 is 0 Å². The van der Waals surface area contributed by atoms with E-state index in [1.165, 1.54) is 0 Å².